The smallest absolute Gasteiger partial charge is 0.257 e. The highest BCUT2D eigenvalue weighted by molar-refractivity contribution is 5.97. The van der Waals surface area contributed by atoms with E-state index in [-0.39, 0.29) is 5.91 Å². The summed E-state index contributed by atoms with van der Waals surface area (Å²) in [7, 11) is 0. The Morgan fingerprint density at radius 2 is 1.90 bits per heavy atom. The van der Waals surface area contributed by atoms with Crippen LogP contribution in [0.4, 0.5) is 0 Å². The van der Waals surface area contributed by atoms with E-state index in [1.807, 2.05) is 24.8 Å². The molecule has 2 rings (SSSR count). The van der Waals surface area contributed by atoms with E-state index >= 15 is 0 Å². The Kier molecular flexibility index (Phi) is 5.24. The quantitative estimate of drug-likeness (QED) is 0.887. The second-order valence-corrected chi connectivity index (χ2v) is 4.57. The van der Waals surface area contributed by atoms with Crippen LogP contribution in [0.5, 0.6) is 11.5 Å². The number of piperazine rings is 1. The molecule has 1 fully saturated rings. The average Bonchev–Trinajstić information content (AvgIpc) is 2.48. The minimum absolute atomic E-state index is 0.0259. The van der Waals surface area contributed by atoms with Crippen LogP contribution in [0.3, 0.4) is 0 Å². The third-order valence-corrected chi connectivity index (χ3v) is 3.20. The van der Waals surface area contributed by atoms with Crippen molar-refractivity contribution in [3.63, 3.8) is 0 Å². The number of nitrogens with zero attached hydrogens (tertiary/aromatic N) is 1. The lowest BCUT2D eigenvalue weighted by Gasteiger charge is -2.28. The summed E-state index contributed by atoms with van der Waals surface area (Å²) in [4.78, 5) is 14.4. The molecule has 1 aliphatic heterocycles. The summed E-state index contributed by atoms with van der Waals surface area (Å²) in [5.41, 5.74) is 0.609. The van der Waals surface area contributed by atoms with E-state index in [1.165, 1.54) is 0 Å². The summed E-state index contributed by atoms with van der Waals surface area (Å²) in [6.45, 7) is 8.11. The fourth-order valence-corrected chi connectivity index (χ4v) is 2.25. The van der Waals surface area contributed by atoms with Crippen molar-refractivity contribution in [2.45, 2.75) is 13.8 Å². The third-order valence-electron chi connectivity index (χ3n) is 3.20. The number of hydrogen-bond acceptors (Lipinski definition) is 4. The molecular formula is C15H22N2O3. The first-order valence-corrected chi connectivity index (χ1v) is 7.16. The first-order chi connectivity index (χ1) is 9.76. The summed E-state index contributed by atoms with van der Waals surface area (Å²) in [5.74, 6) is 1.35. The van der Waals surface area contributed by atoms with Crippen molar-refractivity contribution in [2.24, 2.45) is 0 Å². The molecule has 0 saturated carbocycles. The van der Waals surface area contributed by atoms with Gasteiger partial charge in [-0.3, -0.25) is 4.79 Å². The second-order valence-electron chi connectivity index (χ2n) is 4.57. The maximum Gasteiger partial charge on any atom is 0.257 e. The Morgan fingerprint density at radius 3 is 2.55 bits per heavy atom. The van der Waals surface area contributed by atoms with Gasteiger partial charge in [0.1, 0.15) is 11.5 Å². The number of rotatable bonds is 5. The summed E-state index contributed by atoms with van der Waals surface area (Å²) < 4.78 is 11.1. The lowest BCUT2D eigenvalue weighted by molar-refractivity contribution is 0.0731. The molecule has 1 aliphatic rings. The summed E-state index contributed by atoms with van der Waals surface area (Å²) in [6.07, 6.45) is 0. The fraction of sp³-hybridized carbons (Fsp3) is 0.533. The van der Waals surface area contributed by atoms with Gasteiger partial charge < -0.3 is 19.7 Å². The standard InChI is InChI=1S/C15H22N2O3/c1-3-19-12-5-6-13(14(11-12)20-4-2)15(18)17-9-7-16-8-10-17/h5-6,11,16H,3-4,7-10H2,1-2H3. The van der Waals surface area contributed by atoms with Crippen LogP contribution in [-0.2, 0) is 0 Å². The number of carbonyl (C=O) groups excluding carboxylic acids is 1. The molecule has 20 heavy (non-hydrogen) atoms. The van der Waals surface area contributed by atoms with E-state index < -0.39 is 0 Å². The molecule has 0 unspecified atom stereocenters. The number of hydrogen-bond donors (Lipinski definition) is 1. The van der Waals surface area contributed by atoms with Gasteiger partial charge in [0.25, 0.3) is 5.91 Å². The molecule has 0 aromatic heterocycles. The zero-order chi connectivity index (χ0) is 14.4. The van der Waals surface area contributed by atoms with Gasteiger partial charge in [-0.15, -0.1) is 0 Å². The van der Waals surface area contributed by atoms with Gasteiger partial charge in [0.2, 0.25) is 0 Å². The van der Waals surface area contributed by atoms with Gasteiger partial charge in [-0.05, 0) is 26.0 Å². The predicted molar refractivity (Wildman–Crippen MR) is 77.6 cm³/mol. The van der Waals surface area contributed by atoms with E-state index in [0.29, 0.717) is 24.5 Å². The fourth-order valence-electron chi connectivity index (χ4n) is 2.25. The number of ether oxygens (including phenoxy) is 2. The first kappa shape index (κ1) is 14.7. The van der Waals surface area contributed by atoms with Crippen molar-refractivity contribution in [2.75, 3.05) is 39.4 Å². The van der Waals surface area contributed by atoms with Crippen LogP contribution in [0.15, 0.2) is 18.2 Å². The highest BCUT2D eigenvalue weighted by atomic mass is 16.5. The molecule has 1 aromatic carbocycles. The highest BCUT2D eigenvalue weighted by Crippen LogP contribution is 2.26. The van der Waals surface area contributed by atoms with Crippen LogP contribution >= 0.6 is 0 Å². The molecule has 1 N–H and O–H groups in total. The largest absolute Gasteiger partial charge is 0.494 e. The Bertz CT molecular complexity index is 456. The molecule has 110 valence electrons. The van der Waals surface area contributed by atoms with Crippen LogP contribution in [0, 0.1) is 0 Å². The summed E-state index contributed by atoms with van der Waals surface area (Å²) >= 11 is 0. The van der Waals surface area contributed by atoms with Gasteiger partial charge in [0.15, 0.2) is 0 Å². The molecule has 5 heteroatoms. The van der Waals surface area contributed by atoms with Gasteiger partial charge in [-0.25, -0.2) is 0 Å². The molecule has 1 heterocycles. The van der Waals surface area contributed by atoms with E-state index in [9.17, 15) is 4.79 Å². The van der Waals surface area contributed by atoms with Crippen molar-refractivity contribution >= 4 is 5.91 Å². The predicted octanol–water partition coefficient (Wildman–Crippen LogP) is 1.53. The van der Waals surface area contributed by atoms with Crippen LogP contribution in [0.25, 0.3) is 0 Å². The van der Waals surface area contributed by atoms with Crippen molar-refractivity contribution in [1.82, 2.24) is 10.2 Å². The van der Waals surface area contributed by atoms with Crippen LogP contribution < -0.4 is 14.8 Å². The Hall–Kier alpha value is -1.75. The molecule has 0 aliphatic carbocycles. The molecule has 0 bridgehead atoms. The van der Waals surface area contributed by atoms with Crippen molar-refractivity contribution in [3.05, 3.63) is 23.8 Å². The molecule has 1 saturated heterocycles. The van der Waals surface area contributed by atoms with E-state index in [0.717, 1.165) is 31.9 Å². The van der Waals surface area contributed by atoms with Gasteiger partial charge in [-0.2, -0.15) is 0 Å². The molecule has 1 aromatic rings. The molecule has 0 atom stereocenters. The Balaban J connectivity index is 2.22. The number of benzene rings is 1. The van der Waals surface area contributed by atoms with Crippen molar-refractivity contribution < 1.29 is 14.3 Å². The molecule has 0 radical (unpaired) electrons. The lowest BCUT2D eigenvalue weighted by Crippen LogP contribution is -2.46. The maximum absolute atomic E-state index is 12.5. The zero-order valence-electron chi connectivity index (χ0n) is 12.1. The van der Waals surface area contributed by atoms with Gasteiger partial charge >= 0.3 is 0 Å². The van der Waals surface area contributed by atoms with Gasteiger partial charge in [-0.1, -0.05) is 0 Å². The van der Waals surface area contributed by atoms with Crippen molar-refractivity contribution in [3.8, 4) is 11.5 Å². The molecule has 1 amide bonds. The van der Waals surface area contributed by atoms with Gasteiger partial charge in [0, 0.05) is 32.2 Å². The number of carbonyl (C=O) groups is 1. The van der Waals surface area contributed by atoms with E-state index in [1.54, 1.807) is 12.1 Å². The molecule has 0 spiro atoms. The maximum atomic E-state index is 12.5. The SMILES string of the molecule is CCOc1ccc(C(=O)N2CCNCC2)c(OCC)c1. The average molecular weight is 278 g/mol. The van der Waals surface area contributed by atoms with Gasteiger partial charge in [0.05, 0.1) is 18.8 Å². The van der Waals surface area contributed by atoms with Crippen LogP contribution in [0.2, 0.25) is 0 Å². The minimum Gasteiger partial charge on any atom is -0.494 e. The molecule has 5 nitrogen and oxygen atoms in total. The van der Waals surface area contributed by atoms with E-state index in [2.05, 4.69) is 5.32 Å². The van der Waals surface area contributed by atoms with E-state index in [4.69, 9.17) is 9.47 Å². The van der Waals surface area contributed by atoms with Crippen molar-refractivity contribution in [1.29, 1.82) is 0 Å². The zero-order valence-corrected chi connectivity index (χ0v) is 12.1. The molecular weight excluding hydrogens is 256 g/mol. The summed E-state index contributed by atoms with van der Waals surface area (Å²) in [6, 6.07) is 5.41. The van der Waals surface area contributed by atoms with Crippen LogP contribution in [0.1, 0.15) is 24.2 Å². The lowest BCUT2D eigenvalue weighted by atomic mass is 10.1. The third kappa shape index (κ3) is 3.42. The minimum atomic E-state index is 0.0259. The normalized spacial score (nSPS) is 15.0. The highest BCUT2D eigenvalue weighted by Gasteiger charge is 2.21. The van der Waals surface area contributed by atoms with Crippen LogP contribution in [-0.4, -0.2) is 50.2 Å². The topological polar surface area (TPSA) is 50.8 Å². The Morgan fingerprint density at radius 1 is 1.20 bits per heavy atom. The number of amides is 1. The number of nitrogens with one attached hydrogen (secondary N) is 1. The monoisotopic (exact) mass is 278 g/mol. The first-order valence-electron chi connectivity index (χ1n) is 7.16. The second kappa shape index (κ2) is 7.14. The Labute approximate surface area is 119 Å². The summed E-state index contributed by atoms with van der Waals surface area (Å²) in [5, 5.41) is 3.24.